The molecule has 1 N–H and O–H groups in total. The van der Waals surface area contributed by atoms with Crippen LogP contribution in [0.2, 0.25) is 0 Å². The standard InChI is InChI=1S/C14H15NO2/c1-2-9-17-12-6-3-5-11(10-12)14(16)13-7-4-8-15-13/h3-8,10,15H,2,9H2,1H3. The first-order valence-corrected chi connectivity index (χ1v) is 5.72. The smallest absolute Gasteiger partial charge is 0.209 e. The normalized spacial score (nSPS) is 10.2. The van der Waals surface area contributed by atoms with Gasteiger partial charge in [-0.1, -0.05) is 19.1 Å². The van der Waals surface area contributed by atoms with Gasteiger partial charge in [-0.3, -0.25) is 4.79 Å². The molecule has 0 fully saturated rings. The fourth-order valence-corrected chi connectivity index (χ4v) is 1.57. The summed E-state index contributed by atoms with van der Waals surface area (Å²) in [6, 6.07) is 10.8. The second kappa shape index (κ2) is 5.34. The maximum atomic E-state index is 12.0. The third-order valence-electron chi connectivity index (χ3n) is 2.41. The fraction of sp³-hybridized carbons (Fsp3) is 0.214. The number of aromatic amines is 1. The molecule has 17 heavy (non-hydrogen) atoms. The van der Waals surface area contributed by atoms with Crippen LogP contribution in [-0.4, -0.2) is 17.4 Å². The van der Waals surface area contributed by atoms with Crippen molar-refractivity contribution in [2.45, 2.75) is 13.3 Å². The van der Waals surface area contributed by atoms with Crippen LogP contribution in [0.3, 0.4) is 0 Å². The Labute approximate surface area is 100 Å². The Balaban J connectivity index is 2.18. The predicted octanol–water partition coefficient (Wildman–Crippen LogP) is 3.03. The highest BCUT2D eigenvalue weighted by Gasteiger charge is 2.10. The Morgan fingerprint density at radius 3 is 2.88 bits per heavy atom. The molecule has 0 amide bonds. The zero-order chi connectivity index (χ0) is 12.1. The van der Waals surface area contributed by atoms with E-state index in [9.17, 15) is 4.79 Å². The van der Waals surface area contributed by atoms with E-state index in [-0.39, 0.29) is 5.78 Å². The molecular weight excluding hydrogens is 214 g/mol. The molecule has 0 saturated carbocycles. The van der Waals surface area contributed by atoms with Crippen LogP contribution in [-0.2, 0) is 0 Å². The lowest BCUT2D eigenvalue weighted by Crippen LogP contribution is -2.02. The van der Waals surface area contributed by atoms with Crippen molar-refractivity contribution in [2.24, 2.45) is 0 Å². The van der Waals surface area contributed by atoms with Crippen molar-refractivity contribution >= 4 is 5.78 Å². The zero-order valence-electron chi connectivity index (χ0n) is 9.77. The first-order valence-electron chi connectivity index (χ1n) is 5.72. The Hall–Kier alpha value is -2.03. The quantitative estimate of drug-likeness (QED) is 0.801. The Kier molecular flexibility index (Phi) is 3.60. The molecule has 0 aliphatic rings. The van der Waals surface area contributed by atoms with E-state index in [0.29, 0.717) is 17.9 Å². The maximum Gasteiger partial charge on any atom is 0.209 e. The summed E-state index contributed by atoms with van der Waals surface area (Å²) in [7, 11) is 0. The minimum atomic E-state index is -0.0167. The number of hydrogen-bond donors (Lipinski definition) is 1. The Bertz CT molecular complexity index is 489. The van der Waals surface area contributed by atoms with Gasteiger partial charge < -0.3 is 9.72 Å². The molecule has 0 spiro atoms. The van der Waals surface area contributed by atoms with E-state index in [1.807, 2.05) is 25.1 Å². The lowest BCUT2D eigenvalue weighted by Gasteiger charge is -2.05. The minimum absolute atomic E-state index is 0.0167. The molecule has 88 valence electrons. The van der Waals surface area contributed by atoms with Crippen LogP contribution < -0.4 is 4.74 Å². The molecule has 3 heteroatoms. The van der Waals surface area contributed by atoms with Crippen molar-refractivity contribution in [1.82, 2.24) is 4.98 Å². The number of benzene rings is 1. The lowest BCUT2D eigenvalue weighted by atomic mass is 10.1. The molecule has 0 unspecified atom stereocenters. The molecule has 1 aromatic heterocycles. The van der Waals surface area contributed by atoms with E-state index in [2.05, 4.69) is 4.98 Å². The molecular formula is C14H15NO2. The number of hydrogen-bond acceptors (Lipinski definition) is 2. The Morgan fingerprint density at radius 1 is 1.29 bits per heavy atom. The molecule has 0 atom stereocenters. The van der Waals surface area contributed by atoms with Gasteiger partial charge in [0.25, 0.3) is 0 Å². The van der Waals surface area contributed by atoms with Crippen LogP contribution in [0.25, 0.3) is 0 Å². The average Bonchev–Trinajstić information content (AvgIpc) is 2.89. The van der Waals surface area contributed by atoms with Gasteiger partial charge in [0.05, 0.1) is 12.3 Å². The van der Waals surface area contributed by atoms with Gasteiger partial charge in [-0.15, -0.1) is 0 Å². The molecule has 2 rings (SSSR count). The summed E-state index contributed by atoms with van der Waals surface area (Å²) in [5.41, 5.74) is 1.23. The fourth-order valence-electron chi connectivity index (χ4n) is 1.57. The monoisotopic (exact) mass is 229 g/mol. The SMILES string of the molecule is CCCOc1cccc(C(=O)c2ccc[nH]2)c1. The van der Waals surface area contributed by atoms with Crippen molar-refractivity contribution in [1.29, 1.82) is 0 Å². The number of nitrogens with one attached hydrogen (secondary N) is 1. The van der Waals surface area contributed by atoms with Crippen molar-refractivity contribution in [3.05, 3.63) is 53.9 Å². The van der Waals surface area contributed by atoms with Gasteiger partial charge in [0.15, 0.2) is 0 Å². The maximum absolute atomic E-state index is 12.0. The number of carbonyl (C=O) groups is 1. The summed E-state index contributed by atoms with van der Waals surface area (Å²) < 4.78 is 5.50. The Morgan fingerprint density at radius 2 is 2.18 bits per heavy atom. The summed E-state index contributed by atoms with van der Waals surface area (Å²) in [5, 5.41) is 0. The van der Waals surface area contributed by atoms with E-state index >= 15 is 0 Å². The van der Waals surface area contributed by atoms with Gasteiger partial charge in [-0.25, -0.2) is 0 Å². The van der Waals surface area contributed by atoms with Gasteiger partial charge in [0.1, 0.15) is 5.75 Å². The molecule has 3 nitrogen and oxygen atoms in total. The second-order valence-electron chi connectivity index (χ2n) is 3.79. The zero-order valence-corrected chi connectivity index (χ0v) is 9.77. The van der Waals surface area contributed by atoms with Crippen molar-refractivity contribution < 1.29 is 9.53 Å². The molecule has 0 aliphatic heterocycles. The first-order chi connectivity index (χ1) is 8.31. The third-order valence-corrected chi connectivity index (χ3v) is 2.41. The molecule has 0 saturated heterocycles. The number of rotatable bonds is 5. The highest BCUT2D eigenvalue weighted by atomic mass is 16.5. The van der Waals surface area contributed by atoms with E-state index in [1.165, 1.54) is 0 Å². The van der Waals surface area contributed by atoms with Crippen LogP contribution in [0.15, 0.2) is 42.6 Å². The molecule has 0 radical (unpaired) electrons. The van der Waals surface area contributed by atoms with Crippen molar-refractivity contribution in [2.75, 3.05) is 6.61 Å². The molecule has 0 bridgehead atoms. The summed E-state index contributed by atoms with van der Waals surface area (Å²) in [5.74, 6) is 0.723. The van der Waals surface area contributed by atoms with Crippen LogP contribution in [0.4, 0.5) is 0 Å². The van der Waals surface area contributed by atoms with Crippen molar-refractivity contribution in [3.8, 4) is 5.75 Å². The van der Waals surface area contributed by atoms with E-state index in [1.54, 1.807) is 24.4 Å². The van der Waals surface area contributed by atoms with E-state index < -0.39 is 0 Å². The van der Waals surface area contributed by atoms with Gasteiger partial charge in [-0.2, -0.15) is 0 Å². The van der Waals surface area contributed by atoms with E-state index in [0.717, 1.165) is 12.2 Å². The summed E-state index contributed by atoms with van der Waals surface area (Å²) in [4.78, 5) is 15.0. The number of ketones is 1. The number of carbonyl (C=O) groups excluding carboxylic acids is 1. The summed E-state index contributed by atoms with van der Waals surface area (Å²) in [6.45, 7) is 2.72. The second-order valence-corrected chi connectivity index (χ2v) is 3.79. The minimum Gasteiger partial charge on any atom is -0.494 e. The third kappa shape index (κ3) is 2.75. The van der Waals surface area contributed by atoms with Crippen LogP contribution in [0.1, 0.15) is 29.4 Å². The molecule has 1 aromatic carbocycles. The van der Waals surface area contributed by atoms with Crippen LogP contribution in [0, 0.1) is 0 Å². The highest BCUT2D eigenvalue weighted by molar-refractivity contribution is 6.07. The summed E-state index contributed by atoms with van der Waals surface area (Å²) in [6.07, 6.45) is 2.69. The predicted molar refractivity (Wildman–Crippen MR) is 66.5 cm³/mol. The number of aromatic nitrogens is 1. The van der Waals surface area contributed by atoms with Gasteiger partial charge in [-0.05, 0) is 30.7 Å². The number of H-pyrrole nitrogens is 1. The largest absolute Gasteiger partial charge is 0.494 e. The topological polar surface area (TPSA) is 42.1 Å². The van der Waals surface area contributed by atoms with Gasteiger partial charge >= 0.3 is 0 Å². The lowest BCUT2D eigenvalue weighted by molar-refractivity contribution is 0.103. The molecule has 1 heterocycles. The van der Waals surface area contributed by atoms with Crippen LogP contribution >= 0.6 is 0 Å². The average molecular weight is 229 g/mol. The molecule has 0 aliphatic carbocycles. The first kappa shape index (κ1) is 11.5. The van der Waals surface area contributed by atoms with Gasteiger partial charge in [0, 0.05) is 11.8 Å². The van der Waals surface area contributed by atoms with Crippen LogP contribution in [0.5, 0.6) is 5.75 Å². The molecule has 2 aromatic rings. The highest BCUT2D eigenvalue weighted by Crippen LogP contribution is 2.16. The van der Waals surface area contributed by atoms with Gasteiger partial charge in [0.2, 0.25) is 5.78 Å². The number of ether oxygens (including phenoxy) is 1. The summed E-state index contributed by atoms with van der Waals surface area (Å²) >= 11 is 0. The van der Waals surface area contributed by atoms with Crippen molar-refractivity contribution in [3.63, 3.8) is 0 Å². The van der Waals surface area contributed by atoms with E-state index in [4.69, 9.17) is 4.74 Å².